The van der Waals surface area contributed by atoms with Crippen molar-refractivity contribution in [3.05, 3.63) is 11.1 Å². The summed E-state index contributed by atoms with van der Waals surface area (Å²) < 4.78 is 0. The quantitative estimate of drug-likeness (QED) is 0.523. The zero-order valence-corrected chi connectivity index (χ0v) is 8.87. The van der Waals surface area contributed by atoms with E-state index in [-0.39, 0.29) is 0 Å². The van der Waals surface area contributed by atoms with Gasteiger partial charge < -0.3 is 5.73 Å². The van der Waals surface area contributed by atoms with Crippen LogP contribution in [0, 0.1) is 0 Å². The first-order chi connectivity index (χ1) is 4.56. The second kappa shape index (κ2) is 4.99. The summed E-state index contributed by atoms with van der Waals surface area (Å²) in [6, 6.07) is 0. The van der Waals surface area contributed by atoms with Crippen LogP contribution in [0.25, 0.3) is 0 Å². The summed E-state index contributed by atoms with van der Waals surface area (Å²) >= 11 is 1.81. The molecule has 10 heavy (non-hydrogen) atoms. The van der Waals surface area contributed by atoms with Crippen LogP contribution in [-0.4, -0.2) is 20.4 Å². The Morgan fingerprint density at radius 1 is 1.40 bits per heavy atom. The van der Waals surface area contributed by atoms with Gasteiger partial charge in [0.25, 0.3) is 0 Å². The largest absolute Gasteiger partial charge is 0.330 e. The predicted octanol–water partition coefficient (Wildman–Crippen LogP) is 2.07. The maximum atomic E-state index is 5.33. The van der Waals surface area contributed by atoms with E-state index in [1.54, 1.807) is 0 Å². The van der Waals surface area contributed by atoms with Crippen molar-refractivity contribution >= 4 is 19.8 Å². The molecule has 0 saturated carbocycles. The summed E-state index contributed by atoms with van der Waals surface area (Å²) in [4.78, 5) is 0. The van der Waals surface area contributed by atoms with Gasteiger partial charge in [-0.1, -0.05) is 25.3 Å². The van der Waals surface area contributed by atoms with Gasteiger partial charge in [-0.2, -0.15) is 0 Å². The van der Waals surface area contributed by atoms with Crippen molar-refractivity contribution in [2.24, 2.45) is 5.73 Å². The van der Waals surface area contributed by atoms with E-state index in [1.807, 2.05) is 11.8 Å². The summed E-state index contributed by atoms with van der Waals surface area (Å²) in [7, 11) is -0.949. The standard InChI is InChI=1S/C7H17NSSi/c1-10(2,3)7-6-9-5-4-8/h6-7H,4-5,8H2,1-3H3/b7-6+. The molecule has 60 valence electrons. The lowest BCUT2D eigenvalue weighted by Gasteiger charge is -2.07. The van der Waals surface area contributed by atoms with E-state index in [1.165, 1.54) is 0 Å². The van der Waals surface area contributed by atoms with Crippen molar-refractivity contribution in [1.29, 1.82) is 0 Å². The maximum Gasteiger partial charge on any atom is 0.0693 e. The SMILES string of the molecule is C[Si](C)(C)/C=C/SCCN. The molecule has 0 heterocycles. The lowest BCUT2D eigenvalue weighted by Crippen LogP contribution is -2.15. The molecule has 0 aromatic rings. The van der Waals surface area contributed by atoms with Crippen LogP contribution in [0.1, 0.15) is 0 Å². The van der Waals surface area contributed by atoms with E-state index < -0.39 is 8.07 Å². The Morgan fingerprint density at radius 2 is 2.00 bits per heavy atom. The smallest absolute Gasteiger partial charge is 0.0693 e. The fourth-order valence-corrected chi connectivity index (χ4v) is 2.68. The van der Waals surface area contributed by atoms with Gasteiger partial charge in [0.1, 0.15) is 0 Å². The molecule has 0 aliphatic carbocycles. The van der Waals surface area contributed by atoms with Crippen molar-refractivity contribution in [1.82, 2.24) is 0 Å². The number of hydrogen-bond donors (Lipinski definition) is 1. The van der Waals surface area contributed by atoms with Crippen LogP contribution in [0.2, 0.25) is 19.6 Å². The van der Waals surface area contributed by atoms with E-state index in [9.17, 15) is 0 Å². The molecule has 0 fully saturated rings. The second-order valence-corrected chi connectivity index (χ2v) is 9.41. The molecule has 0 aromatic carbocycles. The van der Waals surface area contributed by atoms with Gasteiger partial charge in [0.2, 0.25) is 0 Å². The van der Waals surface area contributed by atoms with Gasteiger partial charge in [0.15, 0.2) is 0 Å². The van der Waals surface area contributed by atoms with Gasteiger partial charge >= 0.3 is 0 Å². The number of thioether (sulfide) groups is 1. The van der Waals surface area contributed by atoms with E-state index in [4.69, 9.17) is 5.73 Å². The molecule has 0 aliphatic heterocycles. The molecule has 0 saturated heterocycles. The molecule has 2 N–H and O–H groups in total. The van der Waals surface area contributed by atoms with Gasteiger partial charge in [0.05, 0.1) is 8.07 Å². The van der Waals surface area contributed by atoms with Crippen LogP contribution in [0.5, 0.6) is 0 Å². The fourth-order valence-electron chi connectivity index (χ4n) is 0.388. The second-order valence-electron chi connectivity index (χ2n) is 3.33. The predicted molar refractivity (Wildman–Crippen MR) is 54.0 cm³/mol. The lowest BCUT2D eigenvalue weighted by molar-refractivity contribution is 1.15. The van der Waals surface area contributed by atoms with Crippen LogP contribution < -0.4 is 5.73 Å². The van der Waals surface area contributed by atoms with Crippen molar-refractivity contribution in [2.75, 3.05) is 12.3 Å². The minimum Gasteiger partial charge on any atom is -0.330 e. The summed E-state index contributed by atoms with van der Waals surface area (Å²) in [5, 5.41) is 2.19. The fraction of sp³-hybridized carbons (Fsp3) is 0.714. The molecule has 0 bridgehead atoms. The summed E-state index contributed by atoms with van der Waals surface area (Å²) in [5.74, 6) is 1.04. The minimum atomic E-state index is -0.949. The van der Waals surface area contributed by atoms with Crippen molar-refractivity contribution < 1.29 is 0 Å². The molecule has 0 unspecified atom stereocenters. The topological polar surface area (TPSA) is 26.0 Å². The zero-order valence-electron chi connectivity index (χ0n) is 7.05. The van der Waals surface area contributed by atoms with Gasteiger partial charge in [-0.25, -0.2) is 0 Å². The molecule has 0 radical (unpaired) electrons. The molecule has 3 heteroatoms. The lowest BCUT2D eigenvalue weighted by atomic mass is 10.8. The highest BCUT2D eigenvalue weighted by Gasteiger charge is 2.05. The van der Waals surface area contributed by atoms with E-state index in [0.29, 0.717) is 0 Å². The third-order valence-electron chi connectivity index (χ3n) is 0.900. The third kappa shape index (κ3) is 8.27. The molecule has 0 aliphatic rings. The third-order valence-corrected chi connectivity index (χ3v) is 3.11. The number of hydrogen-bond acceptors (Lipinski definition) is 2. The molecule has 1 nitrogen and oxygen atoms in total. The summed E-state index contributed by atoms with van der Waals surface area (Å²) in [5.41, 5.74) is 7.68. The number of nitrogens with two attached hydrogens (primary N) is 1. The summed E-state index contributed by atoms with van der Waals surface area (Å²) in [6.07, 6.45) is 0. The van der Waals surface area contributed by atoms with Crippen LogP contribution in [0.3, 0.4) is 0 Å². The first-order valence-corrected chi connectivity index (χ1v) is 8.18. The van der Waals surface area contributed by atoms with E-state index >= 15 is 0 Å². The van der Waals surface area contributed by atoms with E-state index in [2.05, 4.69) is 30.7 Å². The Labute approximate surface area is 69.1 Å². The van der Waals surface area contributed by atoms with E-state index in [0.717, 1.165) is 12.3 Å². The Hall–Kier alpha value is 0.267. The Balaban J connectivity index is 3.37. The Morgan fingerprint density at radius 3 is 2.40 bits per heavy atom. The van der Waals surface area contributed by atoms with Gasteiger partial charge in [-0.3, -0.25) is 0 Å². The van der Waals surface area contributed by atoms with Crippen LogP contribution in [0.4, 0.5) is 0 Å². The first kappa shape index (κ1) is 10.3. The molecular weight excluding hydrogens is 158 g/mol. The highest BCUT2D eigenvalue weighted by molar-refractivity contribution is 8.02. The molecule has 0 spiro atoms. The molecule has 0 rings (SSSR count). The highest BCUT2D eigenvalue weighted by atomic mass is 32.2. The molecular formula is C7H17NSSi. The van der Waals surface area contributed by atoms with Crippen molar-refractivity contribution in [3.8, 4) is 0 Å². The first-order valence-electron chi connectivity index (χ1n) is 3.55. The highest BCUT2D eigenvalue weighted by Crippen LogP contribution is 2.07. The molecule has 0 amide bonds. The average Bonchev–Trinajstić information content (AvgIpc) is 1.78. The monoisotopic (exact) mass is 175 g/mol. The Bertz CT molecular complexity index is 107. The van der Waals surface area contributed by atoms with Crippen LogP contribution >= 0.6 is 11.8 Å². The van der Waals surface area contributed by atoms with Crippen LogP contribution in [0.15, 0.2) is 11.1 Å². The van der Waals surface area contributed by atoms with Gasteiger partial charge in [0, 0.05) is 12.3 Å². The average molecular weight is 175 g/mol. The summed E-state index contributed by atoms with van der Waals surface area (Å²) in [6.45, 7) is 7.76. The van der Waals surface area contributed by atoms with Gasteiger partial charge in [-0.15, -0.1) is 11.8 Å². The molecule has 0 aromatic heterocycles. The zero-order chi connectivity index (χ0) is 8.04. The van der Waals surface area contributed by atoms with Crippen molar-refractivity contribution in [2.45, 2.75) is 19.6 Å². The Kier molecular flexibility index (Phi) is 5.12. The minimum absolute atomic E-state index is 0.778. The normalized spacial score (nSPS) is 12.8. The van der Waals surface area contributed by atoms with Gasteiger partial charge in [-0.05, 0) is 5.41 Å². The van der Waals surface area contributed by atoms with Crippen molar-refractivity contribution in [3.63, 3.8) is 0 Å². The molecule has 0 atom stereocenters. The van der Waals surface area contributed by atoms with Crippen LogP contribution in [-0.2, 0) is 0 Å². The maximum absolute atomic E-state index is 5.33. The number of rotatable bonds is 4.